The van der Waals surface area contributed by atoms with E-state index in [4.69, 9.17) is 5.11 Å². The Labute approximate surface area is 76.4 Å². The van der Waals surface area contributed by atoms with Crippen molar-refractivity contribution in [1.82, 2.24) is 5.32 Å². The second-order valence-electron chi connectivity index (χ2n) is 3.24. The van der Waals surface area contributed by atoms with Gasteiger partial charge in [-0.15, -0.1) is 0 Å². The number of carbonyl (C=O) groups is 1. The molecular weight excluding hydrogens is 166 g/mol. The molecule has 13 heavy (non-hydrogen) atoms. The number of aliphatic hydroxyl groups is 1. The molecule has 3 nitrogen and oxygen atoms in total. The van der Waals surface area contributed by atoms with E-state index < -0.39 is 0 Å². The zero-order valence-corrected chi connectivity index (χ0v) is 7.10. The number of hydrogen-bond donors (Lipinski definition) is 2. The first-order valence-electron chi connectivity index (χ1n) is 4.26. The Kier molecular flexibility index (Phi) is 2.02. The highest BCUT2D eigenvalue weighted by Crippen LogP contribution is 2.27. The number of fused-ring (bicyclic) bond motifs is 1. The van der Waals surface area contributed by atoms with Crippen molar-refractivity contribution in [3.8, 4) is 0 Å². The number of hydrogen-bond acceptors (Lipinski definition) is 3. The lowest BCUT2D eigenvalue weighted by atomic mass is 9.89. The van der Waals surface area contributed by atoms with E-state index in [1.165, 1.54) is 0 Å². The van der Waals surface area contributed by atoms with E-state index in [1.807, 2.05) is 18.4 Å². The summed E-state index contributed by atoms with van der Waals surface area (Å²) in [7, 11) is 0. The monoisotopic (exact) mass is 177 g/mol. The van der Waals surface area contributed by atoms with Crippen molar-refractivity contribution in [2.24, 2.45) is 5.92 Å². The van der Waals surface area contributed by atoms with E-state index in [0.717, 1.165) is 11.9 Å². The fourth-order valence-corrected chi connectivity index (χ4v) is 1.73. The van der Waals surface area contributed by atoms with Gasteiger partial charge >= 0.3 is 0 Å². The molecular formula is C10H11NO2. The summed E-state index contributed by atoms with van der Waals surface area (Å²) in [6.45, 7) is 0.0463. The summed E-state index contributed by atoms with van der Waals surface area (Å²) in [5, 5.41) is 12.1. The Bertz CT molecular complexity index is 315. The van der Waals surface area contributed by atoms with Gasteiger partial charge in [0, 0.05) is 11.5 Å². The van der Waals surface area contributed by atoms with Crippen molar-refractivity contribution in [2.75, 3.05) is 6.61 Å². The normalized spacial score (nSPS) is 30.2. The Morgan fingerprint density at radius 3 is 3.15 bits per heavy atom. The van der Waals surface area contributed by atoms with E-state index in [9.17, 15) is 4.79 Å². The van der Waals surface area contributed by atoms with Crippen LogP contribution in [0, 0.1) is 5.92 Å². The molecule has 2 N–H and O–H groups in total. The van der Waals surface area contributed by atoms with Crippen molar-refractivity contribution < 1.29 is 9.90 Å². The molecule has 0 amide bonds. The highest BCUT2D eigenvalue weighted by Gasteiger charge is 2.27. The first-order valence-corrected chi connectivity index (χ1v) is 4.26. The highest BCUT2D eigenvalue weighted by molar-refractivity contribution is 5.78. The Morgan fingerprint density at radius 2 is 2.46 bits per heavy atom. The molecule has 0 saturated heterocycles. The summed E-state index contributed by atoms with van der Waals surface area (Å²) in [5.74, 6) is 0.148. The largest absolute Gasteiger partial charge is 0.392 e. The lowest BCUT2D eigenvalue weighted by molar-refractivity contribution is -0.104. The minimum atomic E-state index is 0.0463. The first-order chi connectivity index (χ1) is 6.35. The summed E-state index contributed by atoms with van der Waals surface area (Å²) in [5.41, 5.74) is 1.62. The van der Waals surface area contributed by atoms with Crippen LogP contribution >= 0.6 is 0 Å². The maximum absolute atomic E-state index is 10.5. The topological polar surface area (TPSA) is 49.3 Å². The number of carbonyl (C=O) groups excluding carboxylic acids is 1. The maximum atomic E-state index is 10.5. The van der Waals surface area contributed by atoms with E-state index >= 15 is 0 Å². The van der Waals surface area contributed by atoms with E-state index in [0.29, 0.717) is 5.57 Å². The molecule has 0 bridgehead atoms. The van der Waals surface area contributed by atoms with Gasteiger partial charge in [0.1, 0.15) is 6.29 Å². The predicted octanol–water partition coefficient (Wildman–Crippen LogP) is 0.146. The minimum Gasteiger partial charge on any atom is -0.392 e. The molecule has 0 aromatic carbocycles. The molecule has 1 aliphatic carbocycles. The van der Waals surface area contributed by atoms with Crippen LogP contribution in [0.25, 0.3) is 0 Å². The molecule has 0 aromatic rings. The molecule has 2 aliphatic rings. The van der Waals surface area contributed by atoms with E-state index in [1.54, 1.807) is 6.08 Å². The molecule has 2 rings (SSSR count). The molecule has 0 spiro atoms. The fourth-order valence-electron chi connectivity index (χ4n) is 1.73. The Morgan fingerprint density at radius 1 is 1.62 bits per heavy atom. The van der Waals surface area contributed by atoms with Crippen LogP contribution in [-0.2, 0) is 4.79 Å². The Balaban J connectivity index is 2.25. The minimum absolute atomic E-state index is 0.0463. The third-order valence-corrected chi connectivity index (χ3v) is 2.46. The molecule has 1 heterocycles. The van der Waals surface area contributed by atoms with Crippen LogP contribution in [0.15, 0.2) is 35.6 Å². The van der Waals surface area contributed by atoms with Crippen LogP contribution in [-0.4, -0.2) is 24.0 Å². The number of rotatable bonds is 2. The van der Waals surface area contributed by atoms with E-state index in [-0.39, 0.29) is 18.6 Å². The lowest BCUT2D eigenvalue weighted by Gasteiger charge is -2.19. The zero-order valence-electron chi connectivity index (χ0n) is 7.10. The van der Waals surface area contributed by atoms with Crippen molar-refractivity contribution in [1.29, 1.82) is 0 Å². The van der Waals surface area contributed by atoms with Gasteiger partial charge in [-0.05, 0) is 11.8 Å². The average Bonchev–Trinajstić information content (AvgIpc) is 2.59. The summed E-state index contributed by atoms with van der Waals surface area (Å²) >= 11 is 0. The first kappa shape index (κ1) is 8.26. The number of allylic oxidation sites excluding steroid dienone is 2. The van der Waals surface area contributed by atoms with Crippen LogP contribution in [0.4, 0.5) is 0 Å². The molecule has 0 aromatic heterocycles. The second kappa shape index (κ2) is 3.18. The second-order valence-corrected chi connectivity index (χ2v) is 3.24. The van der Waals surface area contributed by atoms with Gasteiger partial charge in [-0.2, -0.15) is 0 Å². The quantitative estimate of drug-likeness (QED) is 0.590. The van der Waals surface area contributed by atoms with Gasteiger partial charge in [-0.1, -0.05) is 18.2 Å². The smallest absolute Gasteiger partial charge is 0.149 e. The molecule has 68 valence electrons. The third kappa shape index (κ3) is 1.31. The van der Waals surface area contributed by atoms with Crippen molar-refractivity contribution in [2.45, 2.75) is 6.04 Å². The zero-order chi connectivity index (χ0) is 9.26. The summed E-state index contributed by atoms with van der Waals surface area (Å²) in [6.07, 6.45) is 8.30. The molecule has 0 fully saturated rings. The molecule has 2 atom stereocenters. The van der Waals surface area contributed by atoms with Crippen molar-refractivity contribution in [3.05, 3.63) is 35.6 Å². The van der Waals surface area contributed by atoms with Gasteiger partial charge in [0.05, 0.1) is 12.6 Å². The highest BCUT2D eigenvalue weighted by atomic mass is 16.3. The van der Waals surface area contributed by atoms with Gasteiger partial charge in [0.2, 0.25) is 0 Å². The van der Waals surface area contributed by atoms with Gasteiger partial charge in [0.15, 0.2) is 0 Å². The van der Waals surface area contributed by atoms with Crippen LogP contribution < -0.4 is 5.32 Å². The van der Waals surface area contributed by atoms with Crippen molar-refractivity contribution in [3.63, 3.8) is 0 Å². The predicted molar refractivity (Wildman–Crippen MR) is 48.9 cm³/mol. The third-order valence-electron chi connectivity index (χ3n) is 2.46. The molecule has 1 aliphatic heterocycles. The Hall–Kier alpha value is -1.35. The van der Waals surface area contributed by atoms with E-state index in [2.05, 4.69) is 5.32 Å². The summed E-state index contributed by atoms with van der Waals surface area (Å²) < 4.78 is 0. The molecule has 2 unspecified atom stereocenters. The molecule has 0 saturated carbocycles. The SMILES string of the molecule is O=CC1=CC2C(CO)=CNC2C=C1. The van der Waals surface area contributed by atoms with Gasteiger partial charge in [0.25, 0.3) is 0 Å². The number of aldehydes is 1. The summed E-state index contributed by atoms with van der Waals surface area (Å²) in [6, 6.07) is 0.214. The number of nitrogens with one attached hydrogen (secondary N) is 1. The molecule has 3 heteroatoms. The number of aliphatic hydroxyl groups excluding tert-OH is 1. The molecule has 0 radical (unpaired) electrons. The van der Waals surface area contributed by atoms with Crippen LogP contribution in [0.1, 0.15) is 0 Å². The maximum Gasteiger partial charge on any atom is 0.149 e. The van der Waals surface area contributed by atoms with Gasteiger partial charge in [-0.25, -0.2) is 0 Å². The lowest BCUT2D eigenvalue weighted by Crippen LogP contribution is -2.26. The van der Waals surface area contributed by atoms with Crippen molar-refractivity contribution >= 4 is 6.29 Å². The fraction of sp³-hybridized carbons (Fsp3) is 0.300. The van der Waals surface area contributed by atoms with Gasteiger partial charge in [-0.3, -0.25) is 4.79 Å². The average molecular weight is 177 g/mol. The van der Waals surface area contributed by atoms with Crippen LogP contribution in [0.2, 0.25) is 0 Å². The van der Waals surface area contributed by atoms with Crippen LogP contribution in [0.5, 0.6) is 0 Å². The van der Waals surface area contributed by atoms with Crippen LogP contribution in [0.3, 0.4) is 0 Å². The van der Waals surface area contributed by atoms with Gasteiger partial charge < -0.3 is 10.4 Å². The standard InChI is InChI=1S/C10H11NO2/c12-5-7-1-2-10-9(3-7)8(6-13)4-11-10/h1-5,9-11,13H,6H2. The summed E-state index contributed by atoms with van der Waals surface area (Å²) in [4.78, 5) is 10.5.